The zero-order chi connectivity index (χ0) is 37.5. The van der Waals surface area contributed by atoms with E-state index in [1.54, 1.807) is 0 Å². The third-order valence-corrected chi connectivity index (χ3v) is 13.8. The summed E-state index contributed by atoms with van der Waals surface area (Å²) in [6.07, 6.45) is 23.9. The number of hydrogen-bond donors (Lipinski definition) is 0. The molecule has 0 aliphatic heterocycles. The molecule has 3 aromatic heterocycles. The summed E-state index contributed by atoms with van der Waals surface area (Å²) in [5.74, 6) is 0. The lowest BCUT2D eigenvalue weighted by molar-refractivity contribution is 0.629. The molecule has 0 saturated carbocycles. The van der Waals surface area contributed by atoms with Crippen molar-refractivity contribution < 1.29 is 0 Å². The first-order valence-corrected chi connectivity index (χ1v) is 21.2. The van der Waals surface area contributed by atoms with Gasteiger partial charge in [0.2, 0.25) is 0 Å². The number of allylic oxidation sites excluding steroid dienone is 9. The number of thiophene rings is 1. The van der Waals surface area contributed by atoms with Gasteiger partial charge in [0, 0.05) is 69.9 Å². The summed E-state index contributed by atoms with van der Waals surface area (Å²) in [4.78, 5) is 0. The predicted molar refractivity (Wildman–Crippen MR) is 245 cm³/mol. The quantitative estimate of drug-likeness (QED) is 0.166. The molecule has 0 radical (unpaired) electrons. The highest BCUT2D eigenvalue weighted by Crippen LogP contribution is 2.49. The topological polar surface area (TPSA) is 9.86 Å². The second-order valence-corrected chi connectivity index (χ2v) is 16.9. The molecule has 9 aromatic rings. The van der Waals surface area contributed by atoms with Crippen molar-refractivity contribution in [2.45, 2.75) is 38.1 Å². The Morgan fingerprint density at radius 1 is 0.579 bits per heavy atom. The lowest BCUT2D eigenvalue weighted by atomic mass is 9.89. The highest BCUT2D eigenvalue weighted by molar-refractivity contribution is 7.26. The molecule has 12 rings (SSSR count). The van der Waals surface area contributed by atoms with Gasteiger partial charge in [0.05, 0.1) is 11.6 Å². The van der Waals surface area contributed by atoms with E-state index in [0.29, 0.717) is 0 Å². The molecule has 1 unspecified atom stereocenters. The Bertz CT molecular complexity index is 3260. The molecule has 0 spiro atoms. The first kappa shape index (κ1) is 32.8. The van der Waals surface area contributed by atoms with Gasteiger partial charge in [0.1, 0.15) is 0 Å². The molecule has 3 heterocycles. The van der Waals surface area contributed by atoms with Gasteiger partial charge in [-0.2, -0.15) is 0 Å². The standard InChI is InChI=1S/C54H40N2S/c1-3-15-35(16-4-1)37-19-13-21-40(31-37)55-48-26-10-7-23-42(48)46-33-39(29-30-50(46)55)45-34-47-43-24-8-11-27-49(43)56(41-22-14-20-38(32-41)36-17-5-2-6-18-36)53(47)52-44-25-9-12-28-51(44)57-54(45)52/h1-3,5-10,12-15,17-26,28-30,32-34,40H,4,11,16,27,31H2. The maximum absolute atomic E-state index is 2.60. The molecule has 0 bridgehead atoms. The Kier molecular flexibility index (Phi) is 7.52. The average molecular weight is 749 g/mol. The van der Waals surface area contributed by atoms with Gasteiger partial charge in [0.15, 0.2) is 0 Å². The molecule has 6 aromatic carbocycles. The van der Waals surface area contributed by atoms with Gasteiger partial charge in [-0.15, -0.1) is 11.3 Å². The molecule has 1 atom stereocenters. The third-order valence-electron chi connectivity index (χ3n) is 12.6. The fourth-order valence-electron chi connectivity index (χ4n) is 10.0. The highest BCUT2D eigenvalue weighted by Gasteiger charge is 2.26. The van der Waals surface area contributed by atoms with Crippen molar-refractivity contribution in [2.75, 3.05) is 0 Å². The summed E-state index contributed by atoms with van der Waals surface area (Å²) >= 11 is 1.94. The van der Waals surface area contributed by atoms with Crippen molar-refractivity contribution >= 4 is 70.3 Å². The largest absolute Gasteiger partial charge is 0.333 e. The predicted octanol–water partition coefficient (Wildman–Crippen LogP) is 15.1. The van der Waals surface area contributed by atoms with Crippen LogP contribution in [0.4, 0.5) is 0 Å². The zero-order valence-electron chi connectivity index (χ0n) is 31.7. The Morgan fingerprint density at radius 2 is 1.39 bits per heavy atom. The van der Waals surface area contributed by atoms with Crippen LogP contribution in [0.5, 0.6) is 0 Å². The van der Waals surface area contributed by atoms with E-state index in [0.717, 1.165) is 32.1 Å². The van der Waals surface area contributed by atoms with Crippen LogP contribution in [0, 0.1) is 0 Å². The SMILES string of the molecule is C1=CCCC(C2=CC=CC(n3c4ccccc4c4cc(-c5cc6c7c(n(-c8cccc(-c9ccccc9)c8)c6c6c5sc5ccccc56)CCC=C7)ccc43)C2)=C1. The smallest absolute Gasteiger partial charge is 0.0631 e. The van der Waals surface area contributed by atoms with Gasteiger partial charge in [-0.05, 0) is 102 Å². The minimum Gasteiger partial charge on any atom is -0.333 e. The lowest BCUT2D eigenvalue weighted by Gasteiger charge is -2.24. The fourth-order valence-corrected chi connectivity index (χ4v) is 11.3. The minimum atomic E-state index is 0.258. The molecule has 3 aliphatic rings. The van der Waals surface area contributed by atoms with Crippen LogP contribution in [0.1, 0.15) is 43.0 Å². The fraction of sp³-hybridized carbons (Fsp3) is 0.111. The molecule has 0 saturated heterocycles. The van der Waals surface area contributed by atoms with E-state index in [-0.39, 0.29) is 6.04 Å². The van der Waals surface area contributed by atoms with E-state index >= 15 is 0 Å². The Morgan fingerprint density at radius 3 is 2.30 bits per heavy atom. The first-order chi connectivity index (χ1) is 28.3. The Labute approximate surface area is 336 Å². The molecule has 272 valence electrons. The Hall–Kier alpha value is -6.42. The maximum Gasteiger partial charge on any atom is 0.0631 e. The van der Waals surface area contributed by atoms with Gasteiger partial charge >= 0.3 is 0 Å². The van der Waals surface area contributed by atoms with E-state index in [9.17, 15) is 0 Å². The summed E-state index contributed by atoms with van der Waals surface area (Å²) in [6, 6.07) is 48.0. The summed E-state index contributed by atoms with van der Waals surface area (Å²) in [5.41, 5.74) is 15.9. The van der Waals surface area contributed by atoms with Crippen molar-refractivity contribution in [3.8, 4) is 27.9 Å². The van der Waals surface area contributed by atoms with Gasteiger partial charge in [-0.3, -0.25) is 0 Å². The Balaban J connectivity index is 1.09. The normalized spacial score (nSPS) is 16.6. The number of nitrogens with zero attached hydrogens (tertiary/aromatic N) is 2. The van der Waals surface area contributed by atoms with Crippen LogP contribution in [0.2, 0.25) is 0 Å². The number of aromatic nitrogens is 2. The number of fused-ring (bicyclic) bond motifs is 10. The van der Waals surface area contributed by atoms with E-state index in [1.165, 1.54) is 103 Å². The van der Waals surface area contributed by atoms with Gasteiger partial charge < -0.3 is 9.13 Å². The van der Waals surface area contributed by atoms with E-state index in [4.69, 9.17) is 0 Å². The van der Waals surface area contributed by atoms with E-state index in [2.05, 4.69) is 185 Å². The van der Waals surface area contributed by atoms with Gasteiger partial charge in [-0.1, -0.05) is 134 Å². The summed E-state index contributed by atoms with van der Waals surface area (Å²) in [6.45, 7) is 0. The molecule has 2 nitrogen and oxygen atoms in total. The van der Waals surface area contributed by atoms with E-state index in [1.807, 2.05) is 11.3 Å². The molecule has 3 heteroatoms. The second kappa shape index (κ2) is 13.1. The molecular weight excluding hydrogens is 709 g/mol. The van der Waals surface area contributed by atoms with E-state index < -0.39 is 0 Å². The number of rotatable bonds is 5. The molecule has 3 aliphatic carbocycles. The third kappa shape index (κ3) is 5.15. The lowest BCUT2D eigenvalue weighted by Crippen LogP contribution is -2.11. The van der Waals surface area contributed by atoms with Crippen LogP contribution in [0.25, 0.3) is 86.9 Å². The van der Waals surface area contributed by atoms with Crippen molar-refractivity contribution in [3.05, 3.63) is 192 Å². The van der Waals surface area contributed by atoms with Gasteiger partial charge in [0.25, 0.3) is 0 Å². The van der Waals surface area contributed by atoms with Crippen LogP contribution in [0.3, 0.4) is 0 Å². The first-order valence-electron chi connectivity index (χ1n) is 20.4. The molecular formula is C54H40N2S. The van der Waals surface area contributed by atoms with Gasteiger partial charge in [-0.25, -0.2) is 0 Å². The van der Waals surface area contributed by atoms with Crippen molar-refractivity contribution in [2.24, 2.45) is 0 Å². The van der Waals surface area contributed by atoms with Crippen LogP contribution < -0.4 is 0 Å². The molecule has 0 fully saturated rings. The second-order valence-electron chi connectivity index (χ2n) is 15.8. The highest BCUT2D eigenvalue weighted by atomic mass is 32.1. The average Bonchev–Trinajstić information content (AvgIpc) is 3.94. The van der Waals surface area contributed by atoms with Crippen molar-refractivity contribution in [3.63, 3.8) is 0 Å². The maximum atomic E-state index is 2.60. The van der Waals surface area contributed by atoms with Crippen LogP contribution >= 0.6 is 11.3 Å². The monoisotopic (exact) mass is 748 g/mol. The van der Waals surface area contributed by atoms with Crippen molar-refractivity contribution in [1.29, 1.82) is 0 Å². The van der Waals surface area contributed by atoms with Crippen LogP contribution in [-0.2, 0) is 6.42 Å². The van der Waals surface area contributed by atoms with Crippen molar-refractivity contribution in [1.82, 2.24) is 9.13 Å². The number of hydrogen-bond acceptors (Lipinski definition) is 1. The zero-order valence-corrected chi connectivity index (χ0v) is 32.5. The van der Waals surface area contributed by atoms with Crippen LogP contribution in [0.15, 0.2) is 181 Å². The molecule has 0 amide bonds. The number of para-hydroxylation sites is 1. The summed E-state index contributed by atoms with van der Waals surface area (Å²) < 4.78 is 7.88. The van der Waals surface area contributed by atoms with Crippen LogP contribution in [-0.4, -0.2) is 9.13 Å². The molecule has 0 N–H and O–H groups in total. The molecule has 57 heavy (non-hydrogen) atoms. The summed E-state index contributed by atoms with van der Waals surface area (Å²) in [5, 5.41) is 6.66. The number of benzene rings is 6. The summed E-state index contributed by atoms with van der Waals surface area (Å²) in [7, 11) is 0. The minimum absolute atomic E-state index is 0.258.